The zero-order valence-corrected chi connectivity index (χ0v) is 16.6. The van der Waals surface area contributed by atoms with Gasteiger partial charge in [-0.3, -0.25) is 0 Å². The number of sulfonamides is 1. The summed E-state index contributed by atoms with van der Waals surface area (Å²) < 4.78 is 32.8. The highest BCUT2D eigenvalue weighted by Crippen LogP contribution is 2.26. The summed E-state index contributed by atoms with van der Waals surface area (Å²) >= 11 is 0. The highest BCUT2D eigenvalue weighted by molar-refractivity contribution is 7.89. The fourth-order valence-electron chi connectivity index (χ4n) is 3.84. The van der Waals surface area contributed by atoms with Gasteiger partial charge >= 0.3 is 5.63 Å². The van der Waals surface area contributed by atoms with Crippen molar-refractivity contribution in [1.29, 1.82) is 0 Å². The van der Waals surface area contributed by atoms with Gasteiger partial charge in [-0.15, -0.1) is 0 Å². The van der Waals surface area contributed by atoms with Gasteiger partial charge < -0.3 is 4.42 Å². The van der Waals surface area contributed by atoms with Crippen molar-refractivity contribution in [2.75, 3.05) is 13.1 Å². The predicted octanol–water partition coefficient (Wildman–Crippen LogP) is 3.74. The van der Waals surface area contributed by atoms with Crippen LogP contribution in [0.25, 0.3) is 11.0 Å². The van der Waals surface area contributed by atoms with E-state index in [-0.39, 0.29) is 4.90 Å². The second-order valence-electron chi connectivity index (χ2n) is 7.48. The number of hydrogen-bond acceptors (Lipinski definition) is 4. The van der Waals surface area contributed by atoms with E-state index < -0.39 is 15.6 Å². The molecule has 0 N–H and O–H groups in total. The summed E-state index contributed by atoms with van der Waals surface area (Å²) in [5.74, 6) is 0.449. The van der Waals surface area contributed by atoms with Gasteiger partial charge in [0.2, 0.25) is 10.0 Å². The molecule has 5 nitrogen and oxygen atoms in total. The molecule has 2 aromatic carbocycles. The van der Waals surface area contributed by atoms with Crippen LogP contribution in [0.3, 0.4) is 0 Å². The molecule has 1 saturated heterocycles. The van der Waals surface area contributed by atoms with E-state index in [1.165, 1.54) is 15.9 Å². The Kier molecular flexibility index (Phi) is 5.08. The molecule has 1 aliphatic heterocycles. The minimum absolute atomic E-state index is 0.271. The largest absolute Gasteiger partial charge is 0.422 e. The molecule has 0 radical (unpaired) electrons. The molecule has 1 fully saturated rings. The molecule has 2 heterocycles. The fourth-order valence-corrected chi connectivity index (χ4v) is 5.34. The van der Waals surface area contributed by atoms with E-state index >= 15 is 0 Å². The summed E-state index contributed by atoms with van der Waals surface area (Å²) in [6, 6.07) is 17.0. The Morgan fingerprint density at radius 2 is 1.75 bits per heavy atom. The van der Waals surface area contributed by atoms with Crippen molar-refractivity contribution in [3.8, 4) is 0 Å². The molecule has 0 amide bonds. The average molecular weight is 397 g/mol. The van der Waals surface area contributed by atoms with Crippen LogP contribution >= 0.6 is 0 Å². The van der Waals surface area contributed by atoms with E-state index in [9.17, 15) is 13.2 Å². The minimum atomic E-state index is -3.87. The Balaban J connectivity index is 1.54. The van der Waals surface area contributed by atoms with E-state index in [0.29, 0.717) is 30.0 Å². The van der Waals surface area contributed by atoms with E-state index in [2.05, 4.69) is 12.1 Å². The second-order valence-corrected chi connectivity index (χ2v) is 9.38. The standard InChI is InChI=1S/C22H23NO4S/c1-16-7-8-20-19(13-16)15-21(22(24)27-20)28(25,26)23-11-9-18(10-12-23)14-17-5-3-2-4-6-17/h2-8,13,15,18H,9-12,14H2,1H3. The zero-order valence-electron chi connectivity index (χ0n) is 15.8. The lowest BCUT2D eigenvalue weighted by Crippen LogP contribution is -2.40. The van der Waals surface area contributed by atoms with E-state index in [0.717, 1.165) is 24.8 Å². The third kappa shape index (κ3) is 3.75. The van der Waals surface area contributed by atoms with E-state index in [1.807, 2.05) is 37.3 Å². The summed E-state index contributed by atoms with van der Waals surface area (Å²) in [5, 5.41) is 0.622. The number of benzene rings is 2. The van der Waals surface area contributed by atoms with Crippen LogP contribution in [0, 0.1) is 12.8 Å². The average Bonchev–Trinajstić information content (AvgIpc) is 2.69. The Morgan fingerprint density at radius 3 is 2.46 bits per heavy atom. The van der Waals surface area contributed by atoms with Gasteiger partial charge in [0.15, 0.2) is 4.90 Å². The number of nitrogens with zero attached hydrogens (tertiary/aromatic N) is 1. The molecule has 146 valence electrons. The Hall–Kier alpha value is -2.44. The molecule has 4 rings (SSSR count). The molecule has 1 aromatic heterocycles. The summed E-state index contributed by atoms with van der Waals surface area (Å²) in [7, 11) is -3.87. The van der Waals surface area contributed by atoms with Gasteiger partial charge in [-0.25, -0.2) is 13.2 Å². The topological polar surface area (TPSA) is 67.6 Å². The van der Waals surface area contributed by atoms with Crippen molar-refractivity contribution >= 4 is 21.0 Å². The first-order valence-corrected chi connectivity index (χ1v) is 11.0. The minimum Gasteiger partial charge on any atom is -0.422 e. The SMILES string of the molecule is Cc1ccc2oc(=O)c(S(=O)(=O)N3CCC(Cc4ccccc4)CC3)cc2c1. The normalized spacial score (nSPS) is 16.5. The number of piperidine rings is 1. The van der Waals surface area contributed by atoms with Crippen molar-refractivity contribution in [1.82, 2.24) is 4.31 Å². The fraction of sp³-hybridized carbons (Fsp3) is 0.318. The molecule has 1 aliphatic rings. The van der Waals surface area contributed by atoms with Crippen LogP contribution in [-0.2, 0) is 16.4 Å². The molecule has 0 saturated carbocycles. The van der Waals surface area contributed by atoms with Crippen molar-refractivity contribution < 1.29 is 12.8 Å². The van der Waals surface area contributed by atoms with Gasteiger partial charge in [0.25, 0.3) is 0 Å². The first kappa shape index (κ1) is 18.9. The lowest BCUT2D eigenvalue weighted by Gasteiger charge is -2.31. The molecule has 0 bridgehead atoms. The molecule has 0 unspecified atom stereocenters. The van der Waals surface area contributed by atoms with Crippen molar-refractivity contribution in [3.63, 3.8) is 0 Å². The Morgan fingerprint density at radius 1 is 1.04 bits per heavy atom. The first-order valence-electron chi connectivity index (χ1n) is 9.52. The van der Waals surface area contributed by atoms with Crippen molar-refractivity contribution in [3.05, 3.63) is 76.1 Å². The van der Waals surface area contributed by atoms with Crippen LogP contribution < -0.4 is 5.63 Å². The lowest BCUT2D eigenvalue weighted by atomic mass is 9.91. The molecular formula is C22H23NO4S. The van der Waals surface area contributed by atoms with Crippen LogP contribution in [0.5, 0.6) is 0 Å². The number of fused-ring (bicyclic) bond motifs is 1. The van der Waals surface area contributed by atoms with Crippen LogP contribution in [0.15, 0.2) is 68.7 Å². The number of rotatable bonds is 4. The number of aryl methyl sites for hydroxylation is 1. The highest BCUT2D eigenvalue weighted by Gasteiger charge is 2.32. The molecule has 0 spiro atoms. The van der Waals surface area contributed by atoms with Crippen LogP contribution in [0.4, 0.5) is 0 Å². The van der Waals surface area contributed by atoms with Crippen molar-refractivity contribution in [2.45, 2.75) is 31.1 Å². The van der Waals surface area contributed by atoms with Gasteiger partial charge in [0.1, 0.15) is 5.58 Å². The van der Waals surface area contributed by atoms with Gasteiger partial charge in [0.05, 0.1) is 0 Å². The van der Waals surface area contributed by atoms with Crippen LogP contribution in [-0.4, -0.2) is 25.8 Å². The molecule has 6 heteroatoms. The Bertz CT molecular complexity index is 1140. The maximum atomic E-state index is 13.1. The van der Waals surface area contributed by atoms with Gasteiger partial charge in [-0.05, 0) is 55.9 Å². The maximum Gasteiger partial charge on any atom is 0.356 e. The molecular weight excluding hydrogens is 374 g/mol. The number of hydrogen-bond donors (Lipinski definition) is 0. The van der Waals surface area contributed by atoms with E-state index in [4.69, 9.17) is 4.42 Å². The highest BCUT2D eigenvalue weighted by atomic mass is 32.2. The van der Waals surface area contributed by atoms with Gasteiger partial charge in [-0.1, -0.05) is 42.0 Å². The smallest absolute Gasteiger partial charge is 0.356 e. The van der Waals surface area contributed by atoms with Crippen LogP contribution in [0.1, 0.15) is 24.0 Å². The summed E-state index contributed by atoms with van der Waals surface area (Å²) in [6.45, 7) is 2.76. The molecule has 0 aliphatic carbocycles. The van der Waals surface area contributed by atoms with E-state index in [1.54, 1.807) is 6.07 Å². The van der Waals surface area contributed by atoms with Crippen LogP contribution in [0.2, 0.25) is 0 Å². The second kappa shape index (κ2) is 7.53. The maximum absolute atomic E-state index is 13.1. The molecule has 28 heavy (non-hydrogen) atoms. The van der Waals surface area contributed by atoms with Crippen molar-refractivity contribution in [2.24, 2.45) is 5.92 Å². The quantitative estimate of drug-likeness (QED) is 0.629. The van der Waals surface area contributed by atoms with Gasteiger partial charge in [-0.2, -0.15) is 4.31 Å². The lowest BCUT2D eigenvalue weighted by molar-refractivity contribution is 0.272. The summed E-state index contributed by atoms with van der Waals surface area (Å²) in [6.07, 6.45) is 2.52. The summed E-state index contributed by atoms with van der Waals surface area (Å²) in [4.78, 5) is 12.1. The summed E-state index contributed by atoms with van der Waals surface area (Å²) in [5.41, 5.74) is 1.85. The molecule has 0 atom stereocenters. The van der Waals surface area contributed by atoms with Gasteiger partial charge in [0, 0.05) is 18.5 Å². The zero-order chi connectivity index (χ0) is 19.7. The Labute approximate surface area is 164 Å². The first-order chi connectivity index (χ1) is 13.4. The monoisotopic (exact) mass is 397 g/mol. The third-order valence-electron chi connectivity index (χ3n) is 5.41. The predicted molar refractivity (Wildman–Crippen MR) is 109 cm³/mol. The molecule has 3 aromatic rings. The third-order valence-corrected chi connectivity index (χ3v) is 7.30.